The molecule has 2 aliphatic carbocycles. The van der Waals surface area contributed by atoms with Gasteiger partial charge in [-0.2, -0.15) is 5.26 Å². The highest BCUT2D eigenvalue weighted by atomic mass is 32.2. The Morgan fingerprint density at radius 2 is 1.06 bits per heavy atom. The van der Waals surface area contributed by atoms with Gasteiger partial charge in [-0.05, 0) is 148 Å². The van der Waals surface area contributed by atoms with Gasteiger partial charge in [0, 0.05) is 22.6 Å². The summed E-state index contributed by atoms with van der Waals surface area (Å²) in [5.74, 6) is 1.22. The first-order valence-electron chi connectivity index (χ1n) is 21.5. The van der Waals surface area contributed by atoms with Gasteiger partial charge in [0.1, 0.15) is 43.6 Å². The number of hydrogen-bond donors (Lipinski definition) is 0. The van der Waals surface area contributed by atoms with Gasteiger partial charge in [0.05, 0.1) is 25.0 Å². The molecule has 2 saturated carbocycles. The van der Waals surface area contributed by atoms with E-state index >= 15 is 0 Å². The molecule has 0 spiro atoms. The van der Waals surface area contributed by atoms with Crippen LogP contribution in [0.4, 0.5) is 0 Å². The summed E-state index contributed by atoms with van der Waals surface area (Å²) in [4.78, 5) is 55.5. The molecule has 1 aromatic heterocycles. The number of carbonyl (C=O) groups is 4. The van der Waals surface area contributed by atoms with Crippen LogP contribution < -0.4 is 28.4 Å². The monoisotopic (exact) mass is 932 g/mol. The first kappa shape index (κ1) is 47.1. The highest BCUT2D eigenvalue weighted by Gasteiger charge is 2.31. The van der Waals surface area contributed by atoms with E-state index in [4.69, 9.17) is 48.1 Å². The first-order valence-corrected chi connectivity index (χ1v) is 23.1. The third-order valence-corrected chi connectivity index (χ3v) is 13.0. The Labute approximate surface area is 390 Å². The molecule has 0 radical (unpaired) electrons. The summed E-state index contributed by atoms with van der Waals surface area (Å²) in [6, 6.07) is 24.8. The van der Waals surface area contributed by atoms with Gasteiger partial charge < -0.3 is 37.9 Å². The van der Waals surface area contributed by atoms with E-state index in [1.165, 1.54) is 11.3 Å². The fourth-order valence-electron chi connectivity index (χ4n) is 7.60. The standard InChI is InChI=1S/C50H48N2O12S2/c1-3-44(53)61-30-59-39-19-15-37(16-20-39)57-27-32-5-9-35(10-6-32)49(55)63-42-25-26-43(47-46(42)52-48(66-47)34-13-23-41(24-14-34)65-29-51)64-50(56)36-11-7-33(8-12-36)28-58-38-17-21-40(22-18-38)60-31-62-45(54)4-2/h3-4,13-26,32-33,35-36H,1-2,5-12,27-28,30-31H2. The molecule has 0 N–H and O–H groups in total. The van der Waals surface area contributed by atoms with Crippen LogP contribution in [0.25, 0.3) is 20.8 Å². The van der Waals surface area contributed by atoms with Crippen LogP contribution in [0.15, 0.2) is 115 Å². The zero-order valence-electron chi connectivity index (χ0n) is 36.1. The lowest BCUT2D eigenvalue weighted by atomic mass is 9.82. The lowest BCUT2D eigenvalue weighted by Gasteiger charge is -2.27. The van der Waals surface area contributed by atoms with Crippen molar-refractivity contribution in [2.45, 2.75) is 56.3 Å². The number of nitriles is 1. The smallest absolute Gasteiger partial charge is 0.333 e. The summed E-state index contributed by atoms with van der Waals surface area (Å²) < 4.78 is 45.3. The largest absolute Gasteiger partial charge is 0.493 e. The van der Waals surface area contributed by atoms with Crippen LogP contribution in [0.1, 0.15) is 51.4 Å². The molecule has 2 fully saturated rings. The SMILES string of the molecule is C=CC(=O)OCOc1ccc(OCC2CCC(C(=O)Oc3ccc(OC(=O)C4CCC(COc5ccc(OCOC(=O)C=C)cc5)CC4)c4sc(-c5ccc(SC#N)cc5)nc34)CC2)cc1. The first-order chi connectivity index (χ1) is 32.2. The summed E-state index contributed by atoms with van der Waals surface area (Å²) >= 11 is 2.41. The second kappa shape index (κ2) is 23.4. The second-order valence-corrected chi connectivity index (χ2v) is 17.5. The van der Waals surface area contributed by atoms with Crippen LogP contribution >= 0.6 is 23.1 Å². The van der Waals surface area contributed by atoms with Gasteiger partial charge in [-0.1, -0.05) is 25.3 Å². The van der Waals surface area contributed by atoms with Crippen molar-refractivity contribution in [1.82, 2.24) is 4.98 Å². The molecule has 0 saturated heterocycles. The summed E-state index contributed by atoms with van der Waals surface area (Å²) in [5, 5.41) is 11.9. The van der Waals surface area contributed by atoms with Crippen molar-refractivity contribution >= 4 is 57.2 Å². The summed E-state index contributed by atoms with van der Waals surface area (Å²) in [7, 11) is 0. The highest BCUT2D eigenvalue weighted by Crippen LogP contribution is 2.42. The lowest BCUT2D eigenvalue weighted by Crippen LogP contribution is -2.28. The third-order valence-electron chi connectivity index (χ3n) is 11.3. The van der Waals surface area contributed by atoms with Crippen LogP contribution in [-0.4, -0.2) is 55.7 Å². The molecule has 4 aromatic carbocycles. The summed E-state index contributed by atoms with van der Waals surface area (Å²) in [5.41, 5.74) is 1.23. The van der Waals surface area contributed by atoms with E-state index in [0.29, 0.717) is 88.6 Å². The van der Waals surface area contributed by atoms with E-state index < -0.39 is 11.9 Å². The summed E-state index contributed by atoms with van der Waals surface area (Å²) in [6.07, 6.45) is 7.90. The summed E-state index contributed by atoms with van der Waals surface area (Å²) in [6.45, 7) is 7.27. The van der Waals surface area contributed by atoms with Gasteiger partial charge in [0.25, 0.3) is 0 Å². The molecule has 342 valence electrons. The Hall–Kier alpha value is -6.83. The number of thiocyanates is 1. The van der Waals surface area contributed by atoms with Gasteiger partial charge in [-0.25, -0.2) is 14.6 Å². The predicted molar refractivity (Wildman–Crippen MR) is 246 cm³/mol. The zero-order chi connectivity index (χ0) is 46.3. The van der Waals surface area contributed by atoms with Crippen molar-refractivity contribution in [2.24, 2.45) is 23.7 Å². The van der Waals surface area contributed by atoms with E-state index in [2.05, 4.69) is 18.6 Å². The fraction of sp³-hybridized carbons (Fsp3) is 0.320. The predicted octanol–water partition coefficient (Wildman–Crippen LogP) is 10.2. The average molecular weight is 933 g/mol. The topological polar surface area (TPSA) is 179 Å². The van der Waals surface area contributed by atoms with Crippen LogP contribution in [0.2, 0.25) is 0 Å². The Morgan fingerprint density at radius 3 is 1.52 bits per heavy atom. The van der Waals surface area contributed by atoms with Crippen LogP contribution in [0.5, 0.6) is 34.5 Å². The van der Waals surface area contributed by atoms with Gasteiger partial charge >= 0.3 is 23.9 Å². The number of thiazole rings is 1. The van der Waals surface area contributed by atoms with E-state index in [-0.39, 0.29) is 49.2 Å². The van der Waals surface area contributed by atoms with Crippen molar-refractivity contribution < 1.29 is 57.1 Å². The molecular weight excluding hydrogens is 885 g/mol. The minimum absolute atomic E-state index is 0.217. The molecule has 0 bridgehead atoms. The second-order valence-electron chi connectivity index (χ2n) is 15.7. The molecular formula is C50H48N2O12S2. The maximum atomic E-state index is 13.7. The zero-order valence-corrected chi connectivity index (χ0v) is 37.7. The number of thioether (sulfide) groups is 1. The minimum atomic E-state index is -0.565. The number of nitrogens with zero attached hydrogens (tertiary/aromatic N) is 2. The molecule has 7 rings (SSSR count). The molecule has 0 atom stereocenters. The Balaban J connectivity index is 0.927. The molecule has 0 aliphatic heterocycles. The third kappa shape index (κ3) is 13.1. The van der Waals surface area contributed by atoms with Crippen molar-refractivity contribution in [3.63, 3.8) is 0 Å². The maximum absolute atomic E-state index is 13.7. The Morgan fingerprint density at radius 1 is 0.621 bits per heavy atom. The van der Waals surface area contributed by atoms with Crippen LogP contribution in [-0.2, 0) is 28.7 Å². The van der Waals surface area contributed by atoms with E-state index in [1.54, 1.807) is 60.7 Å². The van der Waals surface area contributed by atoms with E-state index in [0.717, 1.165) is 60.1 Å². The Bertz CT molecular complexity index is 2380. The number of ether oxygens (including phenoxy) is 8. The number of fused-ring (bicyclic) bond motifs is 1. The van der Waals surface area contributed by atoms with Gasteiger partial charge in [0.2, 0.25) is 13.6 Å². The van der Waals surface area contributed by atoms with E-state index in [9.17, 15) is 19.2 Å². The van der Waals surface area contributed by atoms with Gasteiger partial charge in [-0.3, -0.25) is 9.59 Å². The van der Waals surface area contributed by atoms with Crippen LogP contribution in [0, 0.1) is 34.3 Å². The molecule has 14 nitrogen and oxygen atoms in total. The van der Waals surface area contributed by atoms with Crippen molar-refractivity contribution in [2.75, 3.05) is 26.8 Å². The average Bonchev–Trinajstić information content (AvgIpc) is 3.81. The molecule has 5 aromatic rings. The van der Waals surface area contributed by atoms with Gasteiger partial charge in [-0.15, -0.1) is 11.3 Å². The fourth-order valence-corrected chi connectivity index (χ4v) is 9.01. The van der Waals surface area contributed by atoms with Crippen molar-refractivity contribution in [3.05, 3.63) is 110 Å². The molecule has 66 heavy (non-hydrogen) atoms. The number of esters is 4. The molecule has 0 unspecified atom stereocenters. The number of carbonyl (C=O) groups excluding carboxylic acids is 4. The number of rotatable bonds is 20. The Kier molecular flexibility index (Phi) is 16.7. The number of benzene rings is 4. The van der Waals surface area contributed by atoms with Gasteiger partial charge in [0.15, 0.2) is 11.5 Å². The lowest BCUT2D eigenvalue weighted by molar-refractivity contribution is -0.145. The molecule has 1 heterocycles. The molecule has 16 heteroatoms. The van der Waals surface area contributed by atoms with Crippen LogP contribution in [0.3, 0.4) is 0 Å². The van der Waals surface area contributed by atoms with E-state index in [1.807, 2.05) is 24.3 Å². The number of aromatic nitrogens is 1. The molecule has 2 aliphatic rings. The van der Waals surface area contributed by atoms with Crippen molar-refractivity contribution in [3.8, 4) is 50.5 Å². The minimum Gasteiger partial charge on any atom is -0.493 e. The normalized spacial score (nSPS) is 17.9. The highest BCUT2D eigenvalue weighted by molar-refractivity contribution is 8.03. The number of hydrogen-bond acceptors (Lipinski definition) is 16. The molecule has 0 amide bonds. The maximum Gasteiger partial charge on any atom is 0.333 e. The van der Waals surface area contributed by atoms with Crippen molar-refractivity contribution in [1.29, 1.82) is 5.26 Å². The quantitative estimate of drug-likeness (QED) is 0.0180.